The number of phosphoric ester groups is 1. The summed E-state index contributed by atoms with van der Waals surface area (Å²) >= 11 is 0. The molecule has 0 spiro atoms. The second-order valence-electron chi connectivity index (χ2n) is 5.35. The smallest absolute Gasteiger partial charge is 1.00 e. The number of nitrogens with zero attached hydrogens (tertiary/aromatic N) is 4. The monoisotopic (exact) mass is 424 g/mol. The van der Waals surface area contributed by atoms with Crippen molar-refractivity contribution in [3.63, 3.8) is 0 Å². The normalized spacial score (nSPS) is 29.7. The van der Waals surface area contributed by atoms with Crippen molar-refractivity contribution < 1.29 is 95.8 Å². The minimum absolute atomic E-state index is 0. The molecule has 0 radical (unpaired) electrons. The van der Waals surface area contributed by atoms with Gasteiger partial charge < -0.3 is 32.9 Å². The number of fused-ring (bicyclic) bond motifs is 1. The fraction of sp³-hybridized carbons (Fsp3) is 0.545. The first-order valence-electron chi connectivity index (χ1n) is 7.11. The van der Waals surface area contributed by atoms with E-state index in [-0.39, 0.29) is 68.6 Å². The van der Waals surface area contributed by atoms with Gasteiger partial charge in [-0.2, -0.15) is 0 Å². The Morgan fingerprint density at radius 2 is 2.07 bits per heavy atom. The predicted octanol–water partition coefficient (Wildman–Crippen LogP) is -8.77. The van der Waals surface area contributed by atoms with Crippen molar-refractivity contribution in [3.8, 4) is 0 Å². The Bertz CT molecular complexity index is 724. The van der Waals surface area contributed by atoms with Crippen LogP contribution in [-0.4, -0.2) is 80.8 Å². The molecule has 142 valence electrons. The molecule has 27 heavy (non-hydrogen) atoms. The molecule has 0 aromatic heterocycles. The minimum Gasteiger partial charge on any atom is -1.00 e. The van der Waals surface area contributed by atoms with Gasteiger partial charge in [-0.25, -0.2) is 25.4 Å². The average molecular weight is 424 g/mol. The van der Waals surface area contributed by atoms with Crippen LogP contribution in [0, 0.1) is 0 Å². The first-order valence-corrected chi connectivity index (χ1v) is 8.64. The zero-order valence-electron chi connectivity index (χ0n) is 16.7. The van der Waals surface area contributed by atoms with Gasteiger partial charge in [0.25, 0.3) is 0 Å². The second-order valence-corrected chi connectivity index (χ2v) is 6.59. The molecule has 13 nitrogen and oxygen atoms in total. The van der Waals surface area contributed by atoms with Gasteiger partial charge >= 0.3 is 66.9 Å². The van der Waals surface area contributed by atoms with E-state index in [0.29, 0.717) is 17.2 Å². The van der Waals surface area contributed by atoms with Crippen molar-refractivity contribution in [3.05, 3.63) is 11.8 Å². The standard InChI is InChI=1S/C11H17N6O7P.2Na.2H/c12-17-4-13-1-5-9(14-3-15-10(5)17)16-11-8(19)7(18)6(24-11)2-23-25(20,21)22;;;;/h1,4,6-8,11,18-19H,2-3,12H2,(H,14,16)(H2,20,21,22);;;;/q;2*+1;2*-1/t6-,7-,8-,11-;;;;/m1..../s1. The summed E-state index contributed by atoms with van der Waals surface area (Å²) in [5, 5.41) is 24.0. The number of ether oxygens (including phenoxy) is 1. The third-order valence-corrected chi connectivity index (χ3v) is 4.12. The number of aliphatic imine (C=N–C) groups is 3. The van der Waals surface area contributed by atoms with Crippen LogP contribution in [0.3, 0.4) is 0 Å². The van der Waals surface area contributed by atoms with E-state index in [9.17, 15) is 14.8 Å². The summed E-state index contributed by atoms with van der Waals surface area (Å²) in [6.07, 6.45) is -2.17. The number of aliphatic hydroxyl groups excluding tert-OH is 2. The molecule has 0 amide bonds. The molecule has 0 saturated carbocycles. The van der Waals surface area contributed by atoms with Crippen LogP contribution in [-0.2, 0) is 13.8 Å². The Labute approximate surface area is 201 Å². The maximum absolute atomic E-state index is 10.8. The van der Waals surface area contributed by atoms with E-state index < -0.39 is 39.0 Å². The number of nitrogens with one attached hydrogen (secondary N) is 1. The van der Waals surface area contributed by atoms with Gasteiger partial charge in [0.05, 0.1) is 12.2 Å². The van der Waals surface area contributed by atoms with Crippen LogP contribution in [0.4, 0.5) is 0 Å². The molecule has 3 aliphatic rings. The van der Waals surface area contributed by atoms with Crippen molar-refractivity contribution in [2.24, 2.45) is 20.8 Å². The molecule has 1 saturated heterocycles. The van der Waals surface area contributed by atoms with E-state index in [4.69, 9.17) is 20.4 Å². The van der Waals surface area contributed by atoms with Gasteiger partial charge in [0.2, 0.25) is 0 Å². The summed E-state index contributed by atoms with van der Waals surface area (Å²) in [5.41, 5.74) is 0.469. The van der Waals surface area contributed by atoms with Gasteiger partial charge in [0.1, 0.15) is 37.2 Å². The maximum atomic E-state index is 10.8. The number of hydrogen-bond donors (Lipinski definition) is 6. The number of phosphoric acid groups is 1. The number of hydrazine groups is 1. The first kappa shape index (κ1) is 25.3. The quantitative estimate of drug-likeness (QED) is 0.143. The summed E-state index contributed by atoms with van der Waals surface area (Å²) in [7, 11) is -4.72. The van der Waals surface area contributed by atoms with Gasteiger partial charge in [-0.3, -0.25) is 9.53 Å². The molecule has 3 rings (SSSR count). The molecule has 4 atom stereocenters. The number of amidine groups is 2. The van der Waals surface area contributed by atoms with Crippen molar-refractivity contribution in [2.45, 2.75) is 24.5 Å². The van der Waals surface area contributed by atoms with Crippen LogP contribution in [0.1, 0.15) is 2.85 Å². The Morgan fingerprint density at radius 1 is 1.37 bits per heavy atom. The van der Waals surface area contributed by atoms with E-state index in [2.05, 4.69) is 24.8 Å². The van der Waals surface area contributed by atoms with Crippen LogP contribution in [0.5, 0.6) is 0 Å². The van der Waals surface area contributed by atoms with Gasteiger partial charge in [-0.1, -0.05) is 0 Å². The van der Waals surface area contributed by atoms with E-state index in [1.165, 1.54) is 17.5 Å². The fourth-order valence-electron chi connectivity index (χ4n) is 2.46. The molecular weight excluding hydrogens is 405 g/mol. The minimum atomic E-state index is -4.72. The van der Waals surface area contributed by atoms with Crippen LogP contribution in [0.25, 0.3) is 0 Å². The average Bonchev–Trinajstić information content (AvgIpc) is 2.81. The van der Waals surface area contributed by atoms with Crippen molar-refractivity contribution in [1.29, 1.82) is 0 Å². The number of hydrogen-bond acceptors (Lipinski definition) is 11. The number of nitrogens with two attached hydrogens (primary N) is 1. The molecular formula is C11H19N6Na2O7P. The fourth-order valence-corrected chi connectivity index (χ4v) is 2.80. The molecule has 0 aromatic rings. The molecule has 0 aliphatic carbocycles. The Kier molecular flexibility index (Phi) is 9.73. The SMILES string of the molecule is NN1C=NC=C2C(N[C@@H]3O[C@H](COP(=O)(O)O)[C@@H](O)[C@H]3O)=NCN=C21.[H-].[H-].[Na+].[Na+]. The van der Waals surface area contributed by atoms with Crippen LogP contribution >= 0.6 is 7.82 Å². The van der Waals surface area contributed by atoms with Crippen molar-refractivity contribution in [1.82, 2.24) is 10.3 Å². The zero-order valence-corrected chi connectivity index (χ0v) is 19.6. The van der Waals surface area contributed by atoms with Crippen LogP contribution in [0.2, 0.25) is 0 Å². The predicted molar refractivity (Wildman–Crippen MR) is 86.4 cm³/mol. The summed E-state index contributed by atoms with van der Waals surface area (Å²) in [6.45, 7) is -0.504. The Morgan fingerprint density at radius 3 is 2.74 bits per heavy atom. The molecule has 7 N–H and O–H groups in total. The van der Waals surface area contributed by atoms with E-state index >= 15 is 0 Å². The molecule has 0 unspecified atom stereocenters. The van der Waals surface area contributed by atoms with Crippen molar-refractivity contribution >= 4 is 25.8 Å². The maximum Gasteiger partial charge on any atom is 1.00 e. The largest absolute Gasteiger partial charge is 1.00 e. The van der Waals surface area contributed by atoms with Crippen LogP contribution < -0.4 is 70.3 Å². The summed E-state index contributed by atoms with van der Waals surface area (Å²) < 4.78 is 20.4. The third kappa shape index (κ3) is 6.14. The summed E-state index contributed by atoms with van der Waals surface area (Å²) in [4.78, 5) is 29.6. The Balaban J connectivity index is 0. The van der Waals surface area contributed by atoms with E-state index in [1.54, 1.807) is 0 Å². The van der Waals surface area contributed by atoms with Gasteiger partial charge in [0.15, 0.2) is 12.1 Å². The van der Waals surface area contributed by atoms with Gasteiger partial charge in [0, 0.05) is 6.20 Å². The number of rotatable bonds is 4. The first-order chi connectivity index (χ1) is 11.8. The van der Waals surface area contributed by atoms with Gasteiger partial charge in [-0.15, -0.1) is 0 Å². The molecule has 3 aliphatic heterocycles. The summed E-state index contributed by atoms with van der Waals surface area (Å²) in [6, 6.07) is 0. The second kappa shape index (κ2) is 10.4. The van der Waals surface area contributed by atoms with E-state index in [0.717, 1.165) is 0 Å². The number of aliphatic hydroxyl groups is 2. The molecule has 3 heterocycles. The van der Waals surface area contributed by atoms with E-state index in [1.807, 2.05) is 0 Å². The van der Waals surface area contributed by atoms with Crippen LogP contribution in [0.15, 0.2) is 26.8 Å². The zero-order chi connectivity index (χ0) is 18.2. The topological polar surface area (TPSA) is 195 Å². The Hall–Kier alpha value is 0.300. The van der Waals surface area contributed by atoms with Gasteiger partial charge in [-0.05, 0) is 0 Å². The molecule has 16 heteroatoms. The molecule has 1 fully saturated rings. The van der Waals surface area contributed by atoms with Crippen molar-refractivity contribution in [2.75, 3.05) is 13.3 Å². The molecule has 0 bridgehead atoms. The molecule has 0 aromatic carbocycles. The third-order valence-electron chi connectivity index (χ3n) is 3.63. The summed E-state index contributed by atoms with van der Waals surface area (Å²) in [5.74, 6) is 6.44.